The number of nitrogens with one attached hydrogen (secondary N) is 2. The number of carbonyl (C=O) groups is 3. The van der Waals surface area contributed by atoms with Gasteiger partial charge in [0.05, 0.1) is 6.10 Å². The topological polar surface area (TPSA) is 91.0 Å². The van der Waals surface area contributed by atoms with Crippen molar-refractivity contribution in [2.75, 3.05) is 26.2 Å². The Bertz CT molecular complexity index is 863. The minimum atomic E-state index is -0.567. The summed E-state index contributed by atoms with van der Waals surface area (Å²) in [5, 5.41) is 5.70. The Kier molecular flexibility index (Phi) is 5.30. The lowest BCUT2D eigenvalue weighted by Crippen LogP contribution is -2.58. The second-order valence-electron chi connectivity index (χ2n) is 8.77. The minimum Gasteiger partial charge on any atom is -0.377 e. The van der Waals surface area contributed by atoms with E-state index in [4.69, 9.17) is 4.74 Å². The van der Waals surface area contributed by atoms with Crippen LogP contribution >= 0.6 is 0 Å². The largest absolute Gasteiger partial charge is 0.377 e. The molecular weight excluding hydrogens is 384 g/mol. The van der Waals surface area contributed by atoms with Gasteiger partial charge in [0, 0.05) is 57.4 Å². The molecule has 30 heavy (non-hydrogen) atoms. The first kappa shape index (κ1) is 19.7. The van der Waals surface area contributed by atoms with E-state index in [1.165, 1.54) is 0 Å². The monoisotopic (exact) mass is 412 g/mol. The lowest BCUT2D eigenvalue weighted by atomic mass is 10.0. The van der Waals surface area contributed by atoms with Crippen LogP contribution in [-0.2, 0) is 27.4 Å². The summed E-state index contributed by atoms with van der Waals surface area (Å²) in [4.78, 5) is 40.8. The Labute approximate surface area is 175 Å². The molecule has 0 bridgehead atoms. The third-order valence-corrected chi connectivity index (χ3v) is 6.72. The number of fused-ring (bicyclic) bond motifs is 1. The molecule has 0 aliphatic carbocycles. The van der Waals surface area contributed by atoms with Gasteiger partial charge in [0.15, 0.2) is 0 Å². The van der Waals surface area contributed by atoms with Gasteiger partial charge in [-0.25, -0.2) is 0 Å². The zero-order chi connectivity index (χ0) is 20.7. The first-order valence-electron chi connectivity index (χ1n) is 10.9. The quantitative estimate of drug-likeness (QED) is 0.658. The molecule has 160 valence electrons. The Morgan fingerprint density at radius 1 is 1.17 bits per heavy atom. The highest BCUT2D eigenvalue weighted by Gasteiger charge is 2.39. The van der Waals surface area contributed by atoms with Crippen LogP contribution in [0.25, 0.3) is 0 Å². The summed E-state index contributed by atoms with van der Waals surface area (Å²) in [5.74, 6) is -0.746. The van der Waals surface area contributed by atoms with Crippen molar-refractivity contribution in [1.82, 2.24) is 20.4 Å². The van der Waals surface area contributed by atoms with Crippen LogP contribution in [0.5, 0.6) is 0 Å². The van der Waals surface area contributed by atoms with Crippen molar-refractivity contribution >= 4 is 17.7 Å². The number of carbonyl (C=O) groups excluding carboxylic acids is 3. The number of imide groups is 1. The predicted molar refractivity (Wildman–Crippen MR) is 109 cm³/mol. The second-order valence-corrected chi connectivity index (χ2v) is 8.77. The van der Waals surface area contributed by atoms with Gasteiger partial charge in [-0.1, -0.05) is 12.1 Å². The number of piperidine rings is 1. The molecule has 4 heterocycles. The molecule has 1 aromatic carbocycles. The maximum Gasteiger partial charge on any atom is 0.255 e. The lowest BCUT2D eigenvalue weighted by Gasteiger charge is -2.39. The van der Waals surface area contributed by atoms with Crippen molar-refractivity contribution < 1.29 is 19.1 Å². The number of ether oxygens (including phenoxy) is 1. The van der Waals surface area contributed by atoms with Gasteiger partial charge in [-0.05, 0) is 36.5 Å². The summed E-state index contributed by atoms with van der Waals surface area (Å²) in [6, 6.07) is 6.02. The summed E-state index contributed by atoms with van der Waals surface area (Å²) < 4.78 is 5.85. The second kappa shape index (κ2) is 8.09. The maximum atomic E-state index is 13.1. The SMILES string of the molecule is O=C1CCC(N2Cc3ccc(CN(CC4CCCO4)C4CNC4)cc3C2=O)C(=O)N1. The van der Waals surface area contributed by atoms with Crippen molar-refractivity contribution in [2.24, 2.45) is 0 Å². The number of nitrogens with zero attached hydrogens (tertiary/aromatic N) is 2. The minimum absolute atomic E-state index is 0.114. The van der Waals surface area contributed by atoms with E-state index in [1.807, 2.05) is 12.1 Å². The molecule has 4 aliphatic rings. The number of amides is 3. The molecule has 8 nitrogen and oxygen atoms in total. The average Bonchev–Trinajstić information content (AvgIpc) is 3.29. The molecule has 2 N–H and O–H groups in total. The van der Waals surface area contributed by atoms with E-state index in [9.17, 15) is 14.4 Å². The molecule has 3 fully saturated rings. The smallest absolute Gasteiger partial charge is 0.255 e. The highest BCUT2D eigenvalue weighted by atomic mass is 16.5. The highest BCUT2D eigenvalue weighted by molar-refractivity contribution is 6.05. The molecule has 2 unspecified atom stereocenters. The number of rotatable bonds is 6. The standard InChI is InChI=1S/C22H28N4O4/c27-20-6-5-19(21(28)24-20)26-12-15-4-3-14(8-18(15)22(26)29)11-25(16-9-23-10-16)13-17-2-1-7-30-17/h3-4,8,16-17,19,23H,1-2,5-7,9-13H2,(H,24,27,28). The van der Waals surface area contributed by atoms with Gasteiger partial charge in [0.1, 0.15) is 6.04 Å². The summed E-state index contributed by atoms with van der Waals surface area (Å²) >= 11 is 0. The Balaban J connectivity index is 1.30. The van der Waals surface area contributed by atoms with Crippen molar-refractivity contribution in [3.8, 4) is 0 Å². The van der Waals surface area contributed by atoms with Crippen LogP contribution < -0.4 is 10.6 Å². The fourth-order valence-corrected chi connectivity index (χ4v) is 4.86. The third kappa shape index (κ3) is 3.75. The average molecular weight is 412 g/mol. The molecule has 8 heteroatoms. The number of hydrogen-bond acceptors (Lipinski definition) is 6. The first-order valence-corrected chi connectivity index (χ1v) is 10.9. The molecule has 4 aliphatic heterocycles. The molecule has 0 radical (unpaired) electrons. The highest BCUT2D eigenvalue weighted by Crippen LogP contribution is 2.29. The van der Waals surface area contributed by atoms with Crippen LogP contribution in [0.15, 0.2) is 18.2 Å². The van der Waals surface area contributed by atoms with Crippen LogP contribution in [0.4, 0.5) is 0 Å². The molecule has 0 saturated carbocycles. The Morgan fingerprint density at radius 3 is 2.73 bits per heavy atom. The van der Waals surface area contributed by atoms with Crippen molar-refractivity contribution in [1.29, 1.82) is 0 Å². The lowest BCUT2D eigenvalue weighted by molar-refractivity contribution is -0.136. The normalized spacial score (nSPS) is 26.8. The van der Waals surface area contributed by atoms with E-state index < -0.39 is 6.04 Å². The van der Waals surface area contributed by atoms with Gasteiger partial charge in [-0.2, -0.15) is 0 Å². The zero-order valence-corrected chi connectivity index (χ0v) is 17.1. The van der Waals surface area contributed by atoms with E-state index in [-0.39, 0.29) is 24.1 Å². The van der Waals surface area contributed by atoms with Crippen molar-refractivity contribution in [3.05, 3.63) is 34.9 Å². The molecule has 3 saturated heterocycles. The summed E-state index contributed by atoms with van der Waals surface area (Å²) in [5.41, 5.74) is 2.74. The van der Waals surface area contributed by atoms with E-state index >= 15 is 0 Å². The van der Waals surface area contributed by atoms with Crippen LogP contribution in [0.3, 0.4) is 0 Å². The van der Waals surface area contributed by atoms with Crippen LogP contribution in [-0.4, -0.2) is 72.0 Å². The van der Waals surface area contributed by atoms with Crippen molar-refractivity contribution in [3.63, 3.8) is 0 Å². The van der Waals surface area contributed by atoms with Gasteiger partial charge < -0.3 is 15.0 Å². The van der Waals surface area contributed by atoms with Gasteiger partial charge in [0.2, 0.25) is 11.8 Å². The van der Waals surface area contributed by atoms with Crippen LogP contribution in [0, 0.1) is 0 Å². The molecule has 2 atom stereocenters. The van der Waals surface area contributed by atoms with Gasteiger partial charge in [-0.15, -0.1) is 0 Å². The van der Waals surface area contributed by atoms with E-state index in [0.717, 1.165) is 56.8 Å². The van der Waals surface area contributed by atoms with E-state index in [2.05, 4.69) is 21.6 Å². The Hall–Kier alpha value is -2.29. The first-order chi connectivity index (χ1) is 14.6. The number of hydrogen-bond donors (Lipinski definition) is 2. The molecule has 1 aromatic rings. The fourth-order valence-electron chi connectivity index (χ4n) is 4.86. The van der Waals surface area contributed by atoms with Crippen LogP contribution in [0.2, 0.25) is 0 Å². The molecular formula is C22H28N4O4. The zero-order valence-electron chi connectivity index (χ0n) is 17.1. The maximum absolute atomic E-state index is 13.1. The van der Waals surface area contributed by atoms with Gasteiger partial charge >= 0.3 is 0 Å². The molecule has 0 spiro atoms. The summed E-state index contributed by atoms with van der Waals surface area (Å²) in [6.45, 7) is 4.95. The summed E-state index contributed by atoms with van der Waals surface area (Å²) in [7, 11) is 0. The fraction of sp³-hybridized carbons (Fsp3) is 0.591. The summed E-state index contributed by atoms with van der Waals surface area (Å²) in [6.07, 6.45) is 3.20. The molecule has 3 amide bonds. The Morgan fingerprint density at radius 2 is 2.03 bits per heavy atom. The van der Waals surface area contributed by atoms with Crippen molar-refractivity contribution in [2.45, 2.75) is 57.0 Å². The number of benzene rings is 1. The van der Waals surface area contributed by atoms with Gasteiger partial charge in [0.25, 0.3) is 5.91 Å². The molecule has 5 rings (SSSR count). The van der Waals surface area contributed by atoms with E-state index in [0.29, 0.717) is 30.7 Å². The van der Waals surface area contributed by atoms with Crippen LogP contribution in [0.1, 0.15) is 47.2 Å². The third-order valence-electron chi connectivity index (χ3n) is 6.72. The predicted octanol–water partition coefficient (Wildman–Crippen LogP) is 0.400. The molecule has 0 aromatic heterocycles. The van der Waals surface area contributed by atoms with Gasteiger partial charge in [-0.3, -0.25) is 24.6 Å². The van der Waals surface area contributed by atoms with E-state index in [1.54, 1.807) is 4.90 Å².